The second kappa shape index (κ2) is 3.38. The van der Waals surface area contributed by atoms with Gasteiger partial charge in [0.05, 0.1) is 9.85 Å². The Morgan fingerprint density at radius 1 is 1.42 bits per heavy atom. The molecule has 0 aromatic heterocycles. The molecule has 0 bridgehead atoms. The summed E-state index contributed by atoms with van der Waals surface area (Å²) in [6.45, 7) is -1.54. The van der Waals surface area contributed by atoms with Gasteiger partial charge in [0.25, 0.3) is 0 Å². The molecule has 2 atom stereocenters. The SMILES string of the molecule is O=[N+]([O-])C(O)C(O)(CO)[N+](=O)[O-]. The van der Waals surface area contributed by atoms with Gasteiger partial charge in [-0.15, -0.1) is 0 Å². The summed E-state index contributed by atoms with van der Waals surface area (Å²) in [5, 5.41) is 45.1. The number of nitro groups is 2. The zero-order valence-corrected chi connectivity index (χ0v) is 5.65. The van der Waals surface area contributed by atoms with E-state index >= 15 is 0 Å². The summed E-state index contributed by atoms with van der Waals surface area (Å²) < 4.78 is 0. The van der Waals surface area contributed by atoms with E-state index in [0.29, 0.717) is 0 Å². The van der Waals surface area contributed by atoms with Crippen LogP contribution in [0.5, 0.6) is 0 Å². The molecule has 0 rings (SSSR count). The number of aliphatic hydroxyl groups is 3. The van der Waals surface area contributed by atoms with Crippen molar-refractivity contribution in [3.8, 4) is 0 Å². The van der Waals surface area contributed by atoms with E-state index in [4.69, 9.17) is 15.3 Å². The molecule has 0 aromatic carbocycles. The van der Waals surface area contributed by atoms with Gasteiger partial charge in [0.15, 0.2) is 6.61 Å². The molecule has 0 saturated heterocycles. The molecule has 0 aromatic rings. The Morgan fingerprint density at radius 3 is 1.92 bits per heavy atom. The summed E-state index contributed by atoms with van der Waals surface area (Å²) in [6.07, 6.45) is -2.85. The monoisotopic (exact) mass is 182 g/mol. The van der Waals surface area contributed by atoms with E-state index in [1.54, 1.807) is 0 Å². The Balaban J connectivity index is 4.75. The minimum absolute atomic E-state index is 1.47. The standard InChI is InChI=1S/C3H6N2O7/c6-1-3(8,5(11)12)2(7)4(9)10/h2,6-8H,1H2. The largest absolute Gasteiger partial charge is 0.438 e. The minimum atomic E-state index is -3.34. The summed E-state index contributed by atoms with van der Waals surface area (Å²) in [5.41, 5.74) is -3.34. The van der Waals surface area contributed by atoms with Gasteiger partial charge in [-0.3, -0.25) is 20.2 Å². The molecule has 2 unspecified atom stereocenters. The average Bonchev–Trinajstić information content (AvgIpc) is 2.01. The van der Waals surface area contributed by atoms with Crippen molar-refractivity contribution < 1.29 is 25.2 Å². The van der Waals surface area contributed by atoms with Crippen LogP contribution in [0, 0.1) is 20.2 Å². The van der Waals surface area contributed by atoms with E-state index in [9.17, 15) is 20.2 Å². The lowest BCUT2D eigenvalue weighted by Crippen LogP contribution is -2.55. The molecule has 0 spiro atoms. The fourth-order valence-corrected chi connectivity index (χ4v) is 0.402. The topological polar surface area (TPSA) is 147 Å². The summed E-state index contributed by atoms with van der Waals surface area (Å²) in [6, 6.07) is 0. The molecular formula is C3H6N2O7. The summed E-state index contributed by atoms with van der Waals surface area (Å²) in [7, 11) is 0. The lowest BCUT2D eigenvalue weighted by molar-refractivity contribution is -0.724. The normalized spacial score (nSPS) is 17.9. The van der Waals surface area contributed by atoms with E-state index in [1.807, 2.05) is 0 Å². The second-order valence-electron chi connectivity index (χ2n) is 1.95. The maximum Gasteiger partial charge on any atom is 0.438 e. The van der Waals surface area contributed by atoms with Gasteiger partial charge in [-0.1, -0.05) is 0 Å². The van der Waals surface area contributed by atoms with Crippen LogP contribution >= 0.6 is 0 Å². The van der Waals surface area contributed by atoms with Gasteiger partial charge in [0.1, 0.15) is 0 Å². The van der Waals surface area contributed by atoms with E-state index in [-0.39, 0.29) is 0 Å². The number of hydrogen-bond donors (Lipinski definition) is 3. The molecule has 0 aliphatic rings. The van der Waals surface area contributed by atoms with Gasteiger partial charge in [-0.25, -0.2) is 0 Å². The molecule has 0 saturated carbocycles. The van der Waals surface area contributed by atoms with Crippen LogP contribution < -0.4 is 0 Å². The maximum atomic E-state index is 9.93. The van der Waals surface area contributed by atoms with Crippen molar-refractivity contribution in [2.45, 2.75) is 12.0 Å². The van der Waals surface area contributed by atoms with Crippen LogP contribution in [0.2, 0.25) is 0 Å². The molecule has 0 aliphatic heterocycles. The number of aliphatic hydroxyl groups excluding tert-OH is 2. The highest BCUT2D eigenvalue weighted by molar-refractivity contribution is 4.66. The molecular weight excluding hydrogens is 176 g/mol. The van der Waals surface area contributed by atoms with Crippen molar-refractivity contribution in [3.05, 3.63) is 20.2 Å². The smallest absolute Gasteiger partial charge is 0.386 e. The van der Waals surface area contributed by atoms with Crippen molar-refractivity contribution in [2.24, 2.45) is 0 Å². The van der Waals surface area contributed by atoms with E-state index in [0.717, 1.165) is 0 Å². The molecule has 0 fully saturated rings. The number of hydrogen-bond acceptors (Lipinski definition) is 7. The first-order valence-electron chi connectivity index (χ1n) is 2.65. The third-order valence-electron chi connectivity index (χ3n) is 1.16. The Hall–Kier alpha value is -1.32. The van der Waals surface area contributed by atoms with Gasteiger partial charge in [0.2, 0.25) is 0 Å². The summed E-state index contributed by atoms with van der Waals surface area (Å²) >= 11 is 0. The predicted molar refractivity (Wildman–Crippen MR) is 32.0 cm³/mol. The van der Waals surface area contributed by atoms with Crippen molar-refractivity contribution in [2.75, 3.05) is 6.61 Å². The Morgan fingerprint density at radius 2 is 1.83 bits per heavy atom. The number of rotatable bonds is 4. The Kier molecular flexibility index (Phi) is 3.01. The third-order valence-corrected chi connectivity index (χ3v) is 1.16. The highest BCUT2D eigenvalue weighted by Crippen LogP contribution is 2.10. The first-order valence-corrected chi connectivity index (χ1v) is 2.65. The maximum absolute atomic E-state index is 9.93. The molecule has 0 heterocycles. The van der Waals surface area contributed by atoms with E-state index < -0.39 is 28.4 Å². The highest BCUT2D eigenvalue weighted by Gasteiger charge is 2.56. The zero-order chi connectivity index (χ0) is 9.94. The summed E-state index contributed by atoms with van der Waals surface area (Å²) in [5.74, 6) is 0. The van der Waals surface area contributed by atoms with Gasteiger partial charge < -0.3 is 15.3 Å². The van der Waals surface area contributed by atoms with Crippen molar-refractivity contribution in [3.63, 3.8) is 0 Å². The van der Waals surface area contributed by atoms with Crippen LogP contribution in [0.15, 0.2) is 0 Å². The molecule has 70 valence electrons. The quantitative estimate of drug-likeness (QED) is 0.248. The lowest BCUT2D eigenvalue weighted by Gasteiger charge is -2.15. The van der Waals surface area contributed by atoms with Crippen molar-refractivity contribution in [1.82, 2.24) is 0 Å². The number of nitrogens with zero attached hydrogens (tertiary/aromatic N) is 2. The molecule has 0 amide bonds. The lowest BCUT2D eigenvalue weighted by atomic mass is 10.2. The molecule has 0 aliphatic carbocycles. The van der Waals surface area contributed by atoms with Crippen molar-refractivity contribution >= 4 is 0 Å². The Labute approximate surface area is 65.2 Å². The van der Waals surface area contributed by atoms with Crippen LogP contribution in [0.3, 0.4) is 0 Å². The fourth-order valence-electron chi connectivity index (χ4n) is 0.402. The fraction of sp³-hybridized carbons (Fsp3) is 1.00. The zero-order valence-electron chi connectivity index (χ0n) is 5.65. The predicted octanol–water partition coefficient (Wildman–Crippen LogP) is -2.46. The molecule has 0 radical (unpaired) electrons. The van der Waals surface area contributed by atoms with Crippen LogP contribution in [-0.2, 0) is 0 Å². The third kappa shape index (κ3) is 1.64. The first-order chi connectivity index (χ1) is 5.36. The summed E-state index contributed by atoms with van der Waals surface area (Å²) in [4.78, 5) is 16.7. The van der Waals surface area contributed by atoms with Crippen molar-refractivity contribution in [1.29, 1.82) is 0 Å². The average molecular weight is 182 g/mol. The first kappa shape index (κ1) is 10.7. The second-order valence-corrected chi connectivity index (χ2v) is 1.95. The van der Waals surface area contributed by atoms with E-state index in [2.05, 4.69) is 0 Å². The molecule has 3 N–H and O–H groups in total. The van der Waals surface area contributed by atoms with Crippen LogP contribution in [0.1, 0.15) is 0 Å². The van der Waals surface area contributed by atoms with Gasteiger partial charge in [-0.2, -0.15) is 0 Å². The Bertz CT molecular complexity index is 205. The molecule has 9 heteroatoms. The molecule has 9 nitrogen and oxygen atoms in total. The van der Waals surface area contributed by atoms with Crippen LogP contribution in [0.4, 0.5) is 0 Å². The van der Waals surface area contributed by atoms with Gasteiger partial charge >= 0.3 is 12.0 Å². The van der Waals surface area contributed by atoms with Crippen LogP contribution in [0.25, 0.3) is 0 Å². The molecule has 12 heavy (non-hydrogen) atoms. The van der Waals surface area contributed by atoms with Gasteiger partial charge in [0, 0.05) is 0 Å². The van der Waals surface area contributed by atoms with E-state index in [1.165, 1.54) is 0 Å². The van der Waals surface area contributed by atoms with Crippen LogP contribution in [-0.4, -0.2) is 43.7 Å². The highest BCUT2D eigenvalue weighted by atomic mass is 16.7. The minimum Gasteiger partial charge on any atom is -0.386 e. The van der Waals surface area contributed by atoms with Gasteiger partial charge in [-0.05, 0) is 0 Å².